The van der Waals surface area contributed by atoms with Crippen LogP contribution in [0.15, 0.2) is 66.7 Å². The molecule has 0 aliphatic heterocycles. The maximum Gasteiger partial charge on any atom is 0.251 e. The highest BCUT2D eigenvalue weighted by atomic mass is 19.1. The largest absolute Gasteiger partial charge is 0.497 e. The van der Waals surface area contributed by atoms with Gasteiger partial charge in [0.2, 0.25) is 5.91 Å². The lowest BCUT2D eigenvalue weighted by Crippen LogP contribution is -2.25. The molecular weight excluding hydrogens is 409 g/mol. The predicted octanol–water partition coefficient (Wildman–Crippen LogP) is 3.49. The van der Waals surface area contributed by atoms with Gasteiger partial charge in [-0.05, 0) is 47.5 Å². The van der Waals surface area contributed by atoms with Crippen molar-refractivity contribution in [3.05, 3.63) is 100 Å². The molecule has 0 fully saturated rings. The fourth-order valence-corrected chi connectivity index (χ4v) is 3.00. The summed E-state index contributed by atoms with van der Waals surface area (Å²) in [5, 5.41) is 14.3. The van der Waals surface area contributed by atoms with Gasteiger partial charge in [-0.25, -0.2) is 4.39 Å². The van der Waals surface area contributed by atoms with Crippen molar-refractivity contribution in [2.24, 2.45) is 0 Å². The van der Waals surface area contributed by atoms with Crippen molar-refractivity contribution in [1.29, 1.82) is 5.26 Å². The fraction of sp³-hybridized carbons (Fsp3) is 0.160. The van der Waals surface area contributed by atoms with Gasteiger partial charge in [0.1, 0.15) is 11.6 Å². The van der Waals surface area contributed by atoms with Crippen LogP contribution in [0.2, 0.25) is 0 Å². The van der Waals surface area contributed by atoms with E-state index in [-0.39, 0.29) is 30.3 Å². The normalized spacial score (nSPS) is 10.2. The van der Waals surface area contributed by atoms with Crippen molar-refractivity contribution in [1.82, 2.24) is 10.6 Å². The molecular formula is C25H22FN3O3. The first-order valence-corrected chi connectivity index (χ1v) is 9.94. The minimum Gasteiger partial charge on any atom is -0.497 e. The molecule has 0 spiro atoms. The summed E-state index contributed by atoms with van der Waals surface area (Å²) in [6, 6.07) is 20.1. The van der Waals surface area contributed by atoms with Crippen LogP contribution in [0.25, 0.3) is 0 Å². The number of ether oxygens (including phenoxy) is 1. The van der Waals surface area contributed by atoms with Gasteiger partial charge in [-0.1, -0.05) is 30.3 Å². The number of benzene rings is 3. The van der Waals surface area contributed by atoms with Gasteiger partial charge in [0, 0.05) is 24.2 Å². The Bertz CT molecular complexity index is 1140. The molecule has 0 saturated carbocycles. The molecule has 6 nitrogen and oxygen atoms in total. The molecule has 0 aliphatic rings. The fourth-order valence-electron chi connectivity index (χ4n) is 3.00. The summed E-state index contributed by atoms with van der Waals surface area (Å²) in [4.78, 5) is 24.5. The average Bonchev–Trinajstić information content (AvgIpc) is 2.82. The molecule has 162 valence electrons. The van der Waals surface area contributed by atoms with Crippen LogP contribution in [0, 0.1) is 17.1 Å². The number of methoxy groups -OCH3 is 1. The lowest BCUT2D eigenvalue weighted by Gasteiger charge is -2.09. The summed E-state index contributed by atoms with van der Waals surface area (Å²) in [6.45, 7) is 0.354. The van der Waals surface area contributed by atoms with Gasteiger partial charge in [-0.2, -0.15) is 5.26 Å². The van der Waals surface area contributed by atoms with Crippen LogP contribution >= 0.6 is 0 Å². The first-order valence-electron chi connectivity index (χ1n) is 9.94. The topological polar surface area (TPSA) is 91.2 Å². The number of amides is 2. The lowest BCUT2D eigenvalue weighted by molar-refractivity contribution is -0.120. The molecule has 0 atom stereocenters. The lowest BCUT2D eigenvalue weighted by atomic mass is 10.1. The second-order valence-corrected chi connectivity index (χ2v) is 7.10. The molecule has 3 rings (SSSR count). The number of hydrogen-bond donors (Lipinski definition) is 2. The smallest absolute Gasteiger partial charge is 0.251 e. The highest BCUT2D eigenvalue weighted by Crippen LogP contribution is 2.12. The average molecular weight is 431 g/mol. The van der Waals surface area contributed by atoms with Crippen molar-refractivity contribution in [2.75, 3.05) is 7.11 Å². The highest BCUT2D eigenvalue weighted by Gasteiger charge is 2.09. The van der Waals surface area contributed by atoms with E-state index in [1.165, 1.54) is 12.1 Å². The highest BCUT2D eigenvalue weighted by molar-refractivity contribution is 5.94. The van der Waals surface area contributed by atoms with Gasteiger partial charge >= 0.3 is 0 Å². The number of carbonyl (C=O) groups excluding carboxylic acids is 2. The quantitative estimate of drug-likeness (QED) is 0.571. The summed E-state index contributed by atoms with van der Waals surface area (Å²) < 4.78 is 19.0. The van der Waals surface area contributed by atoms with Gasteiger partial charge in [0.25, 0.3) is 5.91 Å². The van der Waals surface area contributed by atoms with Crippen molar-refractivity contribution in [3.8, 4) is 11.8 Å². The van der Waals surface area contributed by atoms with Crippen LogP contribution in [0.1, 0.15) is 32.6 Å². The Hall–Kier alpha value is -4.18. The minimum absolute atomic E-state index is 0.0134. The molecule has 0 heterocycles. The number of rotatable bonds is 8. The number of nitriles is 1. The zero-order valence-corrected chi connectivity index (χ0v) is 17.5. The summed E-state index contributed by atoms with van der Waals surface area (Å²) >= 11 is 0. The van der Waals surface area contributed by atoms with Gasteiger partial charge < -0.3 is 15.4 Å². The molecule has 0 aliphatic carbocycles. The van der Waals surface area contributed by atoms with Gasteiger partial charge in [0.05, 0.1) is 25.2 Å². The maximum atomic E-state index is 13.9. The second-order valence-electron chi connectivity index (χ2n) is 7.10. The van der Waals surface area contributed by atoms with Crippen molar-refractivity contribution in [3.63, 3.8) is 0 Å². The van der Waals surface area contributed by atoms with Gasteiger partial charge in [0.15, 0.2) is 0 Å². The Kier molecular flexibility index (Phi) is 7.55. The zero-order chi connectivity index (χ0) is 22.9. The van der Waals surface area contributed by atoms with Crippen LogP contribution in [-0.4, -0.2) is 18.9 Å². The molecule has 32 heavy (non-hydrogen) atoms. The van der Waals surface area contributed by atoms with E-state index in [2.05, 4.69) is 10.6 Å². The van der Waals surface area contributed by atoms with E-state index in [1.54, 1.807) is 31.4 Å². The first kappa shape index (κ1) is 22.5. The minimum atomic E-state index is -0.537. The summed E-state index contributed by atoms with van der Waals surface area (Å²) in [5.41, 5.74) is 2.68. The number of nitrogens with one attached hydrogen (secondary N) is 2. The predicted molar refractivity (Wildman–Crippen MR) is 117 cm³/mol. The first-order chi connectivity index (χ1) is 15.5. The molecule has 0 radical (unpaired) electrons. The Morgan fingerprint density at radius 2 is 1.62 bits per heavy atom. The van der Waals surface area contributed by atoms with E-state index in [0.29, 0.717) is 17.7 Å². The third kappa shape index (κ3) is 6.16. The van der Waals surface area contributed by atoms with Crippen LogP contribution < -0.4 is 15.4 Å². The Labute approximate surface area is 185 Å². The van der Waals surface area contributed by atoms with E-state index in [9.17, 15) is 14.0 Å². The number of halogens is 1. The molecule has 3 aromatic rings. The summed E-state index contributed by atoms with van der Waals surface area (Å²) in [6.07, 6.45) is 0.260. The molecule has 0 unspecified atom stereocenters. The number of carbonyl (C=O) groups is 2. The monoisotopic (exact) mass is 431 g/mol. The molecule has 2 amide bonds. The molecule has 3 aromatic carbocycles. The van der Waals surface area contributed by atoms with E-state index in [4.69, 9.17) is 10.00 Å². The summed E-state index contributed by atoms with van der Waals surface area (Å²) in [7, 11) is 1.59. The SMILES string of the molecule is COc1ccc(CC(=O)NCc2ccc(C(=O)NCc3ccc(C#N)cc3F)cc2)cc1. The third-order valence-electron chi connectivity index (χ3n) is 4.85. The molecule has 0 saturated heterocycles. The van der Waals surface area contributed by atoms with Crippen molar-refractivity contribution < 1.29 is 18.7 Å². The number of nitrogens with zero attached hydrogens (tertiary/aromatic N) is 1. The van der Waals surface area contributed by atoms with E-state index >= 15 is 0 Å². The number of hydrogen-bond acceptors (Lipinski definition) is 4. The second kappa shape index (κ2) is 10.7. The van der Waals surface area contributed by atoms with Crippen molar-refractivity contribution in [2.45, 2.75) is 19.5 Å². The van der Waals surface area contributed by atoms with Crippen LogP contribution in [-0.2, 0) is 24.3 Å². The molecule has 0 bridgehead atoms. The standard InChI is InChI=1S/C25H22FN3O3/c1-32-22-10-5-17(6-11-22)13-24(30)28-15-18-2-7-20(8-3-18)25(31)29-16-21-9-4-19(14-27)12-23(21)26/h2-12H,13,15-16H2,1H3,(H,28,30)(H,29,31). The third-order valence-corrected chi connectivity index (χ3v) is 4.85. The summed E-state index contributed by atoms with van der Waals surface area (Å²) in [5.74, 6) is -0.254. The van der Waals surface area contributed by atoms with E-state index in [0.717, 1.165) is 22.9 Å². The van der Waals surface area contributed by atoms with Crippen molar-refractivity contribution >= 4 is 11.8 Å². The molecule has 7 heteroatoms. The van der Waals surface area contributed by atoms with E-state index < -0.39 is 5.82 Å². The zero-order valence-electron chi connectivity index (χ0n) is 17.5. The Balaban J connectivity index is 1.48. The molecule has 2 N–H and O–H groups in total. The van der Waals surface area contributed by atoms with Gasteiger partial charge in [-0.3, -0.25) is 9.59 Å². The van der Waals surface area contributed by atoms with Gasteiger partial charge in [-0.15, -0.1) is 0 Å². The van der Waals surface area contributed by atoms with Crippen LogP contribution in [0.3, 0.4) is 0 Å². The van der Waals surface area contributed by atoms with Crippen LogP contribution in [0.5, 0.6) is 5.75 Å². The maximum absolute atomic E-state index is 13.9. The molecule has 0 aromatic heterocycles. The van der Waals surface area contributed by atoms with Crippen LogP contribution in [0.4, 0.5) is 4.39 Å². The Morgan fingerprint density at radius 1 is 0.938 bits per heavy atom. The van der Waals surface area contributed by atoms with E-state index in [1.807, 2.05) is 30.3 Å². The Morgan fingerprint density at radius 3 is 2.25 bits per heavy atom.